The zero-order chi connectivity index (χ0) is 12.1. The predicted molar refractivity (Wildman–Crippen MR) is 45.2 cm³/mol. The molecule has 0 saturated carbocycles. The van der Waals surface area contributed by atoms with Gasteiger partial charge in [0.25, 0.3) is 0 Å². The Balaban J connectivity index is 3.72. The Morgan fingerprint density at radius 2 is 1.93 bits per heavy atom. The molecule has 15 heavy (non-hydrogen) atoms. The molecule has 0 aromatic carbocycles. The average molecular weight is 227 g/mol. The van der Waals surface area contributed by atoms with Gasteiger partial charge in [0, 0.05) is 0 Å². The SMILES string of the molecule is CC(=O)C(C)NC(=O)COCC(F)(F)F. The fraction of sp³-hybridized carbons (Fsp3) is 0.750. The lowest BCUT2D eigenvalue weighted by atomic mass is 10.2. The average Bonchev–Trinajstić information content (AvgIpc) is 2.01. The Hall–Kier alpha value is -1.11. The standard InChI is InChI=1S/C8H12F3NO3/c1-5(6(2)13)12-7(14)3-15-4-8(9,10)11/h5H,3-4H2,1-2H3,(H,12,14). The molecular weight excluding hydrogens is 215 g/mol. The lowest BCUT2D eigenvalue weighted by Gasteiger charge is -2.11. The van der Waals surface area contributed by atoms with Gasteiger partial charge in [0.2, 0.25) is 5.91 Å². The van der Waals surface area contributed by atoms with Crippen molar-refractivity contribution in [1.82, 2.24) is 5.32 Å². The topological polar surface area (TPSA) is 55.4 Å². The van der Waals surface area contributed by atoms with Crippen LogP contribution in [0, 0.1) is 0 Å². The van der Waals surface area contributed by atoms with E-state index in [0.717, 1.165) is 0 Å². The number of carbonyl (C=O) groups excluding carboxylic acids is 2. The third-order valence-electron chi connectivity index (χ3n) is 1.49. The minimum absolute atomic E-state index is 0.279. The number of hydrogen-bond donors (Lipinski definition) is 1. The van der Waals surface area contributed by atoms with E-state index in [1.165, 1.54) is 13.8 Å². The van der Waals surface area contributed by atoms with Gasteiger partial charge < -0.3 is 10.1 Å². The first-order valence-corrected chi connectivity index (χ1v) is 4.16. The van der Waals surface area contributed by atoms with E-state index >= 15 is 0 Å². The highest BCUT2D eigenvalue weighted by Crippen LogP contribution is 2.13. The lowest BCUT2D eigenvalue weighted by molar-refractivity contribution is -0.175. The minimum Gasteiger partial charge on any atom is -0.362 e. The fourth-order valence-electron chi connectivity index (χ4n) is 0.644. The predicted octanol–water partition coefficient (Wildman–Crippen LogP) is 0.659. The van der Waals surface area contributed by atoms with Gasteiger partial charge in [-0.1, -0.05) is 0 Å². The molecule has 0 aliphatic rings. The molecule has 1 amide bonds. The Morgan fingerprint density at radius 3 is 2.33 bits per heavy atom. The molecule has 0 heterocycles. The largest absolute Gasteiger partial charge is 0.411 e. The molecule has 0 aliphatic heterocycles. The van der Waals surface area contributed by atoms with Gasteiger partial charge in [-0.05, 0) is 13.8 Å². The second-order valence-corrected chi connectivity index (χ2v) is 3.01. The molecule has 0 aromatic heterocycles. The van der Waals surface area contributed by atoms with Crippen LogP contribution in [-0.2, 0) is 14.3 Å². The number of amides is 1. The summed E-state index contributed by atoms with van der Waals surface area (Å²) >= 11 is 0. The van der Waals surface area contributed by atoms with Crippen molar-refractivity contribution < 1.29 is 27.5 Å². The minimum atomic E-state index is -4.45. The Kier molecular flexibility index (Phi) is 5.27. The van der Waals surface area contributed by atoms with Crippen LogP contribution in [0.25, 0.3) is 0 Å². The van der Waals surface area contributed by atoms with E-state index < -0.39 is 31.3 Å². The van der Waals surface area contributed by atoms with Crippen molar-refractivity contribution in [3.05, 3.63) is 0 Å². The van der Waals surface area contributed by atoms with Crippen LogP contribution in [0.3, 0.4) is 0 Å². The van der Waals surface area contributed by atoms with Crippen molar-refractivity contribution in [1.29, 1.82) is 0 Å². The Morgan fingerprint density at radius 1 is 1.40 bits per heavy atom. The smallest absolute Gasteiger partial charge is 0.362 e. The van der Waals surface area contributed by atoms with Crippen LogP contribution in [0.15, 0.2) is 0 Å². The molecule has 0 aromatic rings. The highest BCUT2D eigenvalue weighted by Gasteiger charge is 2.27. The molecule has 88 valence electrons. The summed E-state index contributed by atoms with van der Waals surface area (Å²) in [5.41, 5.74) is 0. The molecule has 0 spiro atoms. The number of rotatable bonds is 5. The van der Waals surface area contributed by atoms with Gasteiger partial charge in [-0.2, -0.15) is 13.2 Å². The summed E-state index contributed by atoms with van der Waals surface area (Å²) in [6.07, 6.45) is -4.45. The van der Waals surface area contributed by atoms with Gasteiger partial charge in [0.05, 0.1) is 6.04 Å². The van der Waals surface area contributed by atoms with Crippen LogP contribution >= 0.6 is 0 Å². The zero-order valence-corrected chi connectivity index (χ0v) is 8.35. The normalized spacial score (nSPS) is 13.4. The molecule has 0 saturated heterocycles. The van der Waals surface area contributed by atoms with Crippen LogP contribution in [0.5, 0.6) is 0 Å². The number of Topliss-reactive ketones (excluding diaryl/α,β-unsaturated/α-hetero) is 1. The number of hydrogen-bond acceptors (Lipinski definition) is 3. The number of carbonyl (C=O) groups is 2. The van der Waals surface area contributed by atoms with Gasteiger partial charge in [-0.15, -0.1) is 0 Å². The summed E-state index contributed by atoms with van der Waals surface area (Å²) in [5.74, 6) is -1.03. The third-order valence-corrected chi connectivity index (χ3v) is 1.49. The highest BCUT2D eigenvalue weighted by molar-refractivity contribution is 5.87. The molecule has 7 heteroatoms. The summed E-state index contributed by atoms with van der Waals surface area (Å²) in [4.78, 5) is 21.6. The molecular formula is C8H12F3NO3. The summed E-state index contributed by atoms with van der Waals surface area (Å²) in [6, 6.07) is -0.716. The van der Waals surface area contributed by atoms with E-state index in [-0.39, 0.29) is 5.78 Å². The van der Waals surface area contributed by atoms with E-state index in [4.69, 9.17) is 0 Å². The van der Waals surface area contributed by atoms with Gasteiger partial charge >= 0.3 is 6.18 Å². The highest BCUT2D eigenvalue weighted by atomic mass is 19.4. The molecule has 4 nitrogen and oxygen atoms in total. The number of ketones is 1. The molecule has 1 atom stereocenters. The van der Waals surface area contributed by atoms with Crippen LogP contribution < -0.4 is 5.32 Å². The van der Waals surface area contributed by atoms with Crippen LogP contribution in [0.1, 0.15) is 13.8 Å². The zero-order valence-electron chi connectivity index (χ0n) is 8.35. The summed E-state index contributed by atoms with van der Waals surface area (Å²) in [6.45, 7) is 0.511. The van der Waals surface area contributed by atoms with Crippen LogP contribution in [0.4, 0.5) is 13.2 Å². The van der Waals surface area contributed by atoms with Gasteiger partial charge in [0.1, 0.15) is 13.2 Å². The quantitative estimate of drug-likeness (QED) is 0.750. The van der Waals surface area contributed by atoms with E-state index in [0.29, 0.717) is 0 Å². The number of halogens is 3. The number of nitrogens with one attached hydrogen (secondary N) is 1. The molecule has 0 rings (SSSR count). The van der Waals surface area contributed by atoms with Crippen molar-refractivity contribution in [2.75, 3.05) is 13.2 Å². The molecule has 0 fully saturated rings. The first kappa shape index (κ1) is 13.9. The second kappa shape index (κ2) is 5.69. The van der Waals surface area contributed by atoms with Gasteiger partial charge in [-0.3, -0.25) is 9.59 Å². The van der Waals surface area contributed by atoms with Crippen molar-refractivity contribution in [2.24, 2.45) is 0 Å². The fourth-order valence-corrected chi connectivity index (χ4v) is 0.644. The monoisotopic (exact) mass is 227 g/mol. The maximum absolute atomic E-state index is 11.6. The van der Waals surface area contributed by atoms with Crippen molar-refractivity contribution in [2.45, 2.75) is 26.1 Å². The van der Waals surface area contributed by atoms with E-state index in [2.05, 4.69) is 10.1 Å². The van der Waals surface area contributed by atoms with E-state index in [9.17, 15) is 22.8 Å². The second-order valence-electron chi connectivity index (χ2n) is 3.01. The summed E-state index contributed by atoms with van der Waals surface area (Å²) < 4.78 is 38.9. The first-order valence-electron chi connectivity index (χ1n) is 4.16. The maximum Gasteiger partial charge on any atom is 0.411 e. The van der Waals surface area contributed by atoms with Crippen LogP contribution in [-0.4, -0.2) is 37.1 Å². The molecule has 0 radical (unpaired) electrons. The first-order chi connectivity index (χ1) is 6.72. The van der Waals surface area contributed by atoms with Gasteiger partial charge in [-0.25, -0.2) is 0 Å². The molecule has 0 aliphatic carbocycles. The van der Waals surface area contributed by atoms with Crippen molar-refractivity contribution in [3.63, 3.8) is 0 Å². The molecule has 1 unspecified atom stereocenters. The van der Waals surface area contributed by atoms with Crippen molar-refractivity contribution in [3.8, 4) is 0 Å². The molecule has 0 bridgehead atoms. The van der Waals surface area contributed by atoms with Gasteiger partial charge in [0.15, 0.2) is 5.78 Å². The number of alkyl halides is 3. The van der Waals surface area contributed by atoms with Crippen molar-refractivity contribution >= 4 is 11.7 Å². The Labute approximate surface area is 84.8 Å². The van der Waals surface area contributed by atoms with Crippen LogP contribution in [0.2, 0.25) is 0 Å². The third kappa shape index (κ3) is 7.92. The van der Waals surface area contributed by atoms with E-state index in [1.807, 2.05) is 0 Å². The summed E-state index contributed by atoms with van der Waals surface area (Å²) in [5, 5.41) is 2.18. The maximum atomic E-state index is 11.6. The van der Waals surface area contributed by atoms with E-state index in [1.54, 1.807) is 0 Å². The number of ether oxygens (including phenoxy) is 1. The molecule has 1 N–H and O–H groups in total. The lowest BCUT2D eigenvalue weighted by Crippen LogP contribution is -2.39. The Bertz CT molecular complexity index is 240. The summed E-state index contributed by atoms with van der Waals surface area (Å²) in [7, 11) is 0.